The summed E-state index contributed by atoms with van der Waals surface area (Å²) in [6, 6.07) is 9.19. The van der Waals surface area contributed by atoms with Gasteiger partial charge in [0.05, 0.1) is 17.1 Å². The smallest absolute Gasteiger partial charge is 0.263 e. The Kier molecular flexibility index (Phi) is 5.66. The second-order valence-electron chi connectivity index (χ2n) is 7.67. The summed E-state index contributed by atoms with van der Waals surface area (Å²) < 4.78 is 34.5. The molecule has 9 nitrogen and oxygen atoms in total. The number of imidazole rings is 1. The van der Waals surface area contributed by atoms with Gasteiger partial charge in [0, 0.05) is 17.8 Å². The molecule has 0 aliphatic heterocycles. The van der Waals surface area contributed by atoms with Crippen LogP contribution in [0.25, 0.3) is 11.5 Å². The van der Waals surface area contributed by atoms with Crippen molar-refractivity contribution in [1.29, 1.82) is 0 Å². The third-order valence-corrected chi connectivity index (χ3v) is 4.80. The molecule has 0 atom stereocenters. The average molecular weight is 441 g/mol. The molecule has 32 heavy (non-hydrogen) atoms. The van der Waals surface area contributed by atoms with Gasteiger partial charge in [-0.25, -0.2) is 18.4 Å². The highest BCUT2D eigenvalue weighted by atomic mass is 19.3. The monoisotopic (exact) mass is 441 g/mol. The molecule has 1 N–H and O–H groups in total. The van der Waals surface area contributed by atoms with Gasteiger partial charge in [0.15, 0.2) is 5.82 Å². The first-order valence-electron chi connectivity index (χ1n) is 9.76. The fourth-order valence-electron chi connectivity index (χ4n) is 2.94. The van der Waals surface area contributed by atoms with Crippen molar-refractivity contribution in [1.82, 2.24) is 34.7 Å². The zero-order valence-corrected chi connectivity index (χ0v) is 17.6. The molecule has 0 aliphatic rings. The van der Waals surface area contributed by atoms with Gasteiger partial charge in [-0.15, -0.1) is 15.3 Å². The molecule has 166 valence electrons. The van der Waals surface area contributed by atoms with E-state index in [-0.39, 0.29) is 18.1 Å². The Morgan fingerprint density at radius 3 is 2.41 bits per heavy atom. The SMILES string of the molecule is Cc1nnn(-c2ccc(C(F)F)cc2)c1COc1ccc(-n2cnc(C(C)(C)O)c2)nn1. The molecule has 0 unspecified atom stereocenters. The number of benzene rings is 1. The van der Waals surface area contributed by atoms with Gasteiger partial charge in [0.2, 0.25) is 5.88 Å². The van der Waals surface area contributed by atoms with Crippen molar-refractivity contribution >= 4 is 0 Å². The molecule has 0 radical (unpaired) electrons. The van der Waals surface area contributed by atoms with Crippen LogP contribution in [0, 0.1) is 6.92 Å². The molecule has 3 aromatic heterocycles. The summed E-state index contributed by atoms with van der Waals surface area (Å²) in [5.74, 6) is 0.805. The molecule has 0 spiro atoms. The number of aryl methyl sites for hydroxylation is 1. The van der Waals surface area contributed by atoms with E-state index in [0.717, 1.165) is 0 Å². The third kappa shape index (κ3) is 4.47. The Morgan fingerprint density at radius 1 is 1.06 bits per heavy atom. The van der Waals surface area contributed by atoms with Crippen LogP contribution in [0.1, 0.15) is 42.9 Å². The van der Waals surface area contributed by atoms with Crippen LogP contribution in [0.5, 0.6) is 5.88 Å². The van der Waals surface area contributed by atoms with Gasteiger partial charge in [-0.05, 0) is 39.0 Å². The summed E-state index contributed by atoms with van der Waals surface area (Å²) in [5.41, 5.74) is 1.28. The maximum atomic E-state index is 12.8. The first-order valence-corrected chi connectivity index (χ1v) is 9.76. The lowest BCUT2D eigenvalue weighted by atomic mass is 10.1. The molecule has 0 fully saturated rings. The van der Waals surface area contributed by atoms with E-state index in [1.165, 1.54) is 16.8 Å². The summed E-state index contributed by atoms with van der Waals surface area (Å²) >= 11 is 0. The van der Waals surface area contributed by atoms with E-state index in [1.807, 2.05) is 0 Å². The summed E-state index contributed by atoms with van der Waals surface area (Å²) in [6.45, 7) is 5.19. The minimum Gasteiger partial charge on any atom is -0.470 e. The largest absolute Gasteiger partial charge is 0.470 e. The van der Waals surface area contributed by atoms with Crippen LogP contribution in [0.3, 0.4) is 0 Å². The van der Waals surface area contributed by atoms with Gasteiger partial charge in [0.25, 0.3) is 6.43 Å². The topological polar surface area (TPSA) is 104 Å². The Labute approximate surface area is 182 Å². The van der Waals surface area contributed by atoms with Crippen molar-refractivity contribution < 1.29 is 18.6 Å². The molecule has 0 amide bonds. The van der Waals surface area contributed by atoms with Crippen LogP contribution < -0.4 is 4.74 Å². The molecular formula is C21H21F2N7O2. The van der Waals surface area contributed by atoms with E-state index in [9.17, 15) is 13.9 Å². The first kappa shape index (κ1) is 21.5. The van der Waals surface area contributed by atoms with Gasteiger partial charge in [-0.2, -0.15) is 0 Å². The molecule has 4 rings (SSSR count). The van der Waals surface area contributed by atoms with E-state index in [2.05, 4.69) is 25.5 Å². The Hall–Kier alpha value is -3.73. The van der Waals surface area contributed by atoms with Crippen LogP contribution in [-0.4, -0.2) is 39.8 Å². The fraction of sp³-hybridized carbons (Fsp3) is 0.286. The van der Waals surface area contributed by atoms with Crippen molar-refractivity contribution in [2.24, 2.45) is 0 Å². The van der Waals surface area contributed by atoms with Crippen LogP contribution in [0.4, 0.5) is 8.78 Å². The van der Waals surface area contributed by atoms with Crippen molar-refractivity contribution in [3.63, 3.8) is 0 Å². The zero-order chi connectivity index (χ0) is 22.9. The van der Waals surface area contributed by atoms with Crippen LogP contribution >= 0.6 is 0 Å². The van der Waals surface area contributed by atoms with E-state index >= 15 is 0 Å². The quantitative estimate of drug-likeness (QED) is 0.469. The van der Waals surface area contributed by atoms with E-state index in [1.54, 1.807) is 62.1 Å². The number of halogens is 2. The number of aliphatic hydroxyl groups is 1. The molecule has 11 heteroatoms. The lowest BCUT2D eigenvalue weighted by Crippen LogP contribution is -2.15. The van der Waals surface area contributed by atoms with Crippen molar-refractivity contribution in [3.05, 3.63) is 71.6 Å². The summed E-state index contributed by atoms with van der Waals surface area (Å²) in [7, 11) is 0. The second kappa shape index (κ2) is 8.42. The van der Waals surface area contributed by atoms with Gasteiger partial charge in [-0.3, -0.25) is 4.57 Å². The minimum absolute atomic E-state index is 0.0636. The number of rotatable bonds is 7. The number of hydrogen-bond acceptors (Lipinski definition) is 7. The van der Waals surface area contributed by atoms with Crippen LogP contribution in [0.2, 0.25) is 0 Å². The lowest BCUT2D eigenvalue weighted by molar-refractivity contribution is 0.0742. The summed E-state index contributed by atoms with van der Waals surface area (Å²) in [6.07, 6.45) is 0.692. The number of hydrogen-bond donors (Lipinski definition) is 1. The predicted molar refractivity (Wildman–Crippen MR) is 110 cm³/mol. The van der Waals surface area contributed by atoms with E-state index in [4.69, 9.17) is 4.74 Å². The zero-order valence-electron chi connectivity index (χ0n) is 17.6. The Bertz CT molecular complexity index is 1200. The second-order valence-corrected chi connectivity index (χ2v) is 7.67. The highest BCUT2D eigenvalue weighted by molar-refractivity contribution is 5.36. The summed E-state index contributed by atoms with van der Waals surface area (Å²) in [4.78, 5) is 4.18. The van der Waals surface area contributed by atoms with Crippen molar-refractivity contribution in [3.8, 4) is 17.4 Å². The maximum absolute atomic E-state index is 12.8. The average Bonchev–Trinajstić information content (AvgIpc) is 3.40. The number of alkyl halides is 2. The Morgan fingerprint density at radius 2 is 1.81 bits per heavy atom. The predicted octanol–water partition coefficient (Wildman–Crippen LogP) is 3.30. The van der Waals surface area contributed by atoms with Gasteiger partial charge < -0.3 is 9.84 Å². The molecular weight excluding hydrogens is 420 g/mol. The van der Waals surface area contributed by atoms with Crippen LogP contribution in [-0.2, 0) is 12.2 Å². The van der Waals surface area contributed by atoms with Crippen molar-refractivity contribution in [2.45, 2.75) is 39.4 Å². The van der Waals surface area contributed by atoms with Gasteiger partial charge in [0.1, 0.15) is 24.2 Å². The van der Waals surface area contributed by atoms with E-state index < -0.39 is 12.0 Å². The highest BCUT2D eigenvalue weighted by Crippen LogP contribution is 2.22. The summed E-state index contributed by atoms with van der Waals surface area (Å²) in [5, 5.41) is 26.4. The normalized spacial score (nSPS) is 11.8. The van der Waals surface area contributed by atoms with Gasteiger partial charge in [-0.1, -0.05) is 17.3 Å². The molecule has 4 aromatic rings. The molecule has 0 aliphatic carbocycles. The third-order valence-electron chi connectivity index (χ3n) is 4.80. The standard InChI is InChI=1S/C21H21F2N7O2/c1-13-16(30(28-25-13)15-6-4-14(5-7-15)20(22)23)11-32-19-9-8-18(26-27-19)29-10-17(24-12-29)21(2,3)31/h4-10,12,20,31H,11H2,1-3H3. The number of ether oxygens (including phenoxy) is 1. The molecule has 0 saturated carbocycles. The molecule has 0 saturated heterocycles. The lowest BCUT2D eigenvalue weighted by Gasteiger charge is -2.12. The fourth-order valence-corrected chi connectivity index (χ4v) is 2.94. The number of nitrogens with zero attached hydrogens (tertiary/aromatic N) is 7. The molecule has 1 aromatic carbocycles. The molecule has 3 heterocycles. The Balaban J connectivity index is 1.47. The molecule has 0 bridgehead atoms. The highest BCUT2D eigenvalue weighted by Gasteiger charge is 2.19. The van der Waals surface area contributed by atoms with Gasteiger partial charge >= 0.3 is 0 Å². The van der Waals surface area contributed by atoms with Crippen molar-refractivity contribution in [2.75, 3.05) is 0 Å². The van der Waals surface area contributed by atoms with E-state index in [0.29, 0.717) is 28.6 Å². The number of aromatic nitrogens is 7. The first-order chi connectivity index (χ1) is 15.2. The maximum Gasteiger partial charge on any atom is 0.263 e. The minimum atomic E-state index is -2.53. The van der Waals surface area contributed by atoms with Crippen LogP contribution in [0.15, 0.2) is 48.9 Å².